The Labute approximate surface area is 177 Å². The number of β-amino-alcohol motifs (C(OH)–C–C–N with tert-alkyl or cyclic N) is 1. The summed E-state index contributed by atoms with van der Waals surface area (Å²) >= 11 is 0. The summed E-state index contributed by atoms with van der Waals surface area (Å²) in [5, 5.41) is 10.7. The Bertz CT molecular complexity index is 882. The summed E-state index contributed by atoms with van der Waals surface area (Å²) in [5.74, 6) is 0. The van der Waals surface area contributed by atoms with Crippen molar-refractivity contribution in [1.82, 2.24) is 9.80 Å². The van der Waals surface area contributed by atoms with E-state index in [2.05, 4.69) is 34.1 Å². The molecule has 6 heteroatoms. The summed E-state index contributed by atoms with van der Waals surface area (Å²) in [6.45, 7) is 4.60. The van der Waals surface area contributed by atoms with E-state index in [0.29, 0.717) is 13.2 Å². The molecule has 0 spiro atoms. The van der Waals surface area contributed by atoms with Gasteiger partial charge >= 0.3 is 6.09 Å². The van der Waals surface area contributed by atoms with Crippen molar-refractivity contribution in [2.45, 2.75) is 44.2 Å². The quantitative estimate of drug-likeness (QED) is 0.845. The fourth-order valence-corrected chi connectivity index (χ4v) is 5.17. The van der Waals surface area contributed by atoms with Crippen LogP contribution in [0.1, 0.15) is 24.0 Å². The van der Waals surface area contributed by atoms with Crippen LogP contribution in [0.4, 0.5) is 10.5 Å². The van der Waals surface area contributed by atoms with Crippen molar-refractivity contribution < 1.29 is 14.6 Å². The Balaban J connectivity index is 1.21. The van der Waals surface area contributed by atoms with Crippen LogP contribution in [0, 0.1) is 0 Å². The van der Waals surface area contributed by atoms with Gasteiger partial charge in [-0.25, -0.2) is 4.79 Å². The maximum absolute atomic E-state index is 12.5. The number of carbonyl (C=O) groups excluding carboxylic acids is 1. The molecular weight excluding hydrogens is 378 g/mol. The van der Waals surface area contributed by atoms with E-state index in [1.165, 1.54) is 5.56 Å². The van der Waals surface area contributed by atoms with Gasteiger partial charge in [0.2, 0.25) is 0 Å². The van der Waals surface area contributed by atoms with Gasteiger partial charge in [-0.2, -0.15) is 0 Å². The number of likely N-dealkylation sites (tertiary alicyclic amines) is 2. The molecule has 2 aromatic carbocycles. The van der Waals surface area contributed by atoms with E-state index in [0.717, 1.165) is 50.3 Å². The largest absolute Gasteiger partial charge is 0.444 e. The molecule has 2 aromatic rings. The molecule has 30 heavy (non-hydrogen) atoms. The average Bonchev–Trinajstić information content (AvgIpc) is 3.14. The highest BCUT2D eigenvalue weighted by Gasteiger charge is 2.39. The molecule has 1 amide bonds. The molecule has 2 saturated heterocycles. The van der Waals surface area contributed by atoms with Crippen molar-refractivity contribution in [3.05, 3.63) is 65.7 Å². The number of nitrogens with zero attached hydrogens (tertiary/aromatic N) is 3. The van der Waals surface area contributed by atoms with Crippen molar-refractivity contribution in [2.24, 2.45) is 0 Å². The lowest BCUT2D eigenvalue weighted by molar-refractivity contribution is 0.0644. The standard InChI is InChI=1S/C24H29N3O3/c28-23-16-25(14-18-6-2-1-3-7-18)15-22(23)26-12-10-20(11-13-26)27-21-9-5-4-8-19(21)17-30-24(27)29/h1-9,20,22-23,28H,10-17H2/t22-,23-/m1/s1. The normalized spacial score (nSPS) is 25.9. The van der Waals surface area contributed by atoms with Crippen molar-refractivity contribution in [2.75, 3.05) is 31.1 Å². The van der Waals surface area contributed by atoms with E-state index in [-0.39, 0.29) is 24.3 Å². The Hall–Kier alpha value is -2.41. The zero-order valence-electron chi connectivity index (χ0n) is 17.2. The van der Waals surface area contributed by atoms with Crippen LogP contribution in [0.15, 0.2) is 54.6 Å². The molecule has 3 heterocycles. The van der Waals surface area contributed by atoms with Gasteiger partial charge < -0.3 is 9.84 Å². The highest BCUT2D eigenvalue weighted by molar-refractivity contribution is 5.91. The highest BCUT2D eigenvalue weighted by Crippen LogP contribution is 2.32. The molecule has 0 aliphatic carbocycles. The van der Waals surface area contributed by atoms with Crippen molar-refractivity contribution >= 4 is 11.8 Å². The first kappa shape index (κ1) is 19.5. The minimum atomic E-state index is -0.328. The van der Waals surface area contributed by atoms with Crippen molar-refractivity contribution in [3.8, 4) is 0 Å². The molecular formula is C24H29N3O3. The first-order chi connectivity index (χ1) is 14.7. The lowest BCUT2D eigenvalue weighted by Crippen LogP contribution is -2.53. The Morgan fingerprint density at radius 1 is 0.967 bits per heavy atom. The summed E-state index contributed by atoms with van der Waals surface area (Å²) < 4.78 is 5.41. The number of hydrogen-bond donors (Lipinski definition) is 1. The summed E-state index contributed by atoms with van der Waals surface area (Å²) in [7, 11) is 0. The number of fused-ring (bicyclic) bond motifs is 1. The van der Waals surface area contributed by atoms with Crippen LogP contribution in [-0.4, -0.2) is 65.4 Å². The van der Waals surface area contributed by atoms with Crippen molar-refractivity contribution in [3.63, 3.8) is 0 Å². The van der Waals surface area contributed by atoms with Gasteiger partial charge in [-0.05, 0) is 24.5 Å². The number of anilines is 1. The van der Waals surface area contributed by atoms with Gasteiger partial charge in [0.25, 0.3) is 0 Å². The number of ether oxygens (including phenoxy) is 1. The maximum atomic E-state index is 12.5. The van der Waals surface area contributed by atoms with E-state index in [9.17, 15) is 9.90 Å². The lowest BCUT2D eigenvalue weighted by atomic mass is 9.99. The second-order valence-electron chi connectivity index (χ2n) is 8.63. The van der Waals surface area contributed by atoms with Gasteiger partial charge in [-0.1, -0.05) is 48.5 Å². The van der Waals surface area contributed by atoms with Crippen molar-refractivity contribution in [1.29, 1.82) is 0 Å². The lowest BCUT2D eigenvalue weighted by Gasteiger charge is -2.42. The Morgan fingerprint density at radius 2 is 1.70 bits per heavy atom. The van der Waals surface area contributed by atoms with E-state index in [4.69, 9.17) is 4.74 Å². The van der Waals surface area contributed by atoms with Crippen LogP contribution in [-0.2, 0) is 17.9 Å². The van der Waals surface area contributed by atoms with Crippen LogP contribution in [0.25, 0.3) is 0 Å². The minimum absolute atomic E-state index is 0.147. The second kappa shape index (κ2) is 8.38. The number of benzene rings is 2. The maximum Gasteiger partial charge on any atom is 0.414 e. The fraction of sp³-hybridized carbons (Fsp3) is 0.458. The third-order valence-electron chi connectivity index (χ3n) is 6.72. The second-order valence-corrected chi connectivity index (χ2v) is 8.63. The van der Waals surface area contributed by atoms with E-state index in [1.807, 2.05) is 35.2 Å². The van der Waals surface area contributed by atoms with Gasteiger partial charge in [0.05, 0.1) is 11.8 Å². The number of piperidine rings is 1. The summed E-state index contributed by atoms with van der Waals surface area (Å²) in [6.07, 6.45) is 1.23. The average molecular weight is 408 g/mol. The molecule has 5 rings (SSSR count). The molecule has 1 N–H and O–H groups in total. The molecule has 0 unspecified atom stereocenters. The topological polar surface area (TPSA) is 56.2 Å². The van der Waals surface area contributed by atoms with E-state index < -0.39 is 0 Å². The van der Waals surface area contributed by atoms with Crippen LogP contribution in [0.3, 0.4) is 0 Å². The van der Waals surface area contributed by atoms with Gasteiger partial charge in [-0.3, -0.25) is 14.7 Å². The first-order valence-corrected chi connectivity index (χ1v) is 10.9. The van der Waals surface area contributed by atoms with E-state index in [1.54, 1.807) is 0 Å². The molecule has 0 saturated carbocycles. The highest BCUT2D eigenvalue weighted by atomic mass is 16.6. The van der Waals surface area contributed by atoms with Crippen LogP contribution < -0.4 is 4.90 Å². The van der Waals surface area contributed by atoms with Gasteiger partial charge in [0.1, 0.15) is 6.61 Å². The van der Waals surface area contributed by atoms with Gasteiger partial charge in [-0.15, -0.1) is 0 Å². The molecule has 158 valence electrons. The molecule has 0 aromatic heterocycles. The number of amides is 1. The first-order valence-electron chi connectivity index (χ1n) is 10.9. The molecule has 2 atom stereocenters. The number of aliphatic hydroxyl groups is 1. The number of rotatable bonds is 4. The summed E-state index contributed by atoms with van der Waals surface area (Å²) in [6, 6.07) is 18.8. The Kier molecular flexibility index (Phi) is 5.46. The van der Waals surface area contributed by atoms with Gasteiger partial charge in [0, 0.05) is 50.4 Å². The van der Waals surface area contributed by atoms with E-state index >= 15 is 0 Å². The van der Waals surface area contributed by atoms with Crippen LogP contribution in [0.2, 0.25) is 0 Å². The number of para-hydroxylation sites is 1. The molecule has 3 aliphatic heterocycles. The predicted octanol–water partition coefficient (Wildman–Crippen LogP) is 2.85. The molecule has 6 nitrogen and oxygen atoms in total. The number of cyclic esters (lactones) is 1. The van der Waals surface area contributed by atoms with Gasteiger partial charge in [0.15, 0.2) is 0 Å². The SMILES string of the molecule is O=C1OCc2ccccc2N1C1CCN([C@@H]2CN(Cc3ccccc3)C[C@H]2O)CC1. The number of hydrogen-bond acceptors (Lipinski definition) is 5. The zero-order chi connectivity index (χ0) is 20.5. The summed E-state index contributed by atoms with van der Waals surface area (Å²) in [4.78, 5) is 19.1. The number of carbonyl (C=O) groups is 1. The molecule has 2 fully saturated rings. The zero-order valence-corrected chi connectivity index (χ0v) is 17.2. The predicted molar refractivity (Wildman–Crippen MR) is 115 cm³/mol. The third-order valence-corrected chi connectivity index (χ3v) is 6.72. The minimum Gasteiger partial charge on any atom is -0.444 e. The molecule has 3 aliphatic rings. The number of aliphatic hydroxyl groups excluding tert-OH is 1. The monoisotopic (exact) mass is 407 g/mol. The fourth-order valence-electron chi connectivity index (χ4n) is 5.17. The van der Waals surface area contributed by atoms with Crippen LogP contribution in [0.5, 0.6) is 0 Å². The van der Waals surface area contributed by atoms with Crippen LogP contribution >= 0.6 is 0 Å². The Morgan fingerprint density at radius 3 is 2.50 bits per heavy atom. The summed E-state index contributed by atoms with van der Waals surface area (Å²) in [5.41, 5.74) is 3.34. The smallest absolute Gasteiger partial charge is 0.414 e. The molecule has 0 bridgehead atoms. The third kappa shape index (κ3) is 3.83. The molecule has 0 radical (unpaired) electrons.